The van der Waals surface area contributed by atoms with Gasteiger partial charge in [-0.2, -0.15) is 0 Å². The minimum atomic E-state index is 0.688. The summed E-state index contributed by atoms with van der Waals surface area (Å²) in [5, 5.41) is 0. The van der Waals surface area contributed by atoms with E-state index in [9.17, 15) is 4.79 Å². The van der Waals surface area contributed by atoms with E-state index in [1.807, 2.05) is 0 Å². The predicted octanol–water partition coefficient (Wildman–Crippen LogP) is 4.52. The molecular formula is C14H26O. The van der Waals surface area contributed by atoms with E-state index in [2.05, 4.69) is 26.8 Å². The number of allylic oxidation sites excluding steroid dienone is 2. The normalized spacial score (nSPS) is 12.1. The molecule has 0 saturated carbocycles. The van der Waals surface area contributed by atoms with Gasteiger partial charge in [-0.15, -0.1) is 0 Å². The summed E-state index contributed by atoms with van der Waals surface area (Å²) < 4.78 is 0. The third-order valence-corrected chi connectivity index (χ3v) is 2.63. The molecule has 0 aromatic carbocycles. The lowest BCUT2D eigenvalue weighted by Gasteiger charge is -2.03. The Bertz CT molecular complexity index is 180. The predicted molar refractivity (Wildman–Crippen MR) is 67.0 cm³/mol. The molecule has 0 atom stereocenters. The van der Waals surface area contributed by atoms with Gasteiger partial charge in [0, 0.05) is 0 Å². The molecule has 1 heteroatoms. The zero-order chi connectivity index (χ0) is 11.5. The number of rotatable bonds is 9. The molecule has 0 aromatic heterocycles. The van der Waals surface area contributed by atoms with E-state index in [0.717, 1.165) is 31.1 Å². The Hall–Kier alpha value is -0.590. The van der Waals surface area contributed by atoms with Crippen LogP contribution in [-0.4, -0.2) is 6.29 Å². The van der Waals surface area contributed by atoms with E-state index in [4.69, 9.17) is 0 Å². The van der Waals surface area contributed by atoms with Crippen molar-refractivity contribution in [3.63, 3.8) is 0 Å². The summed E-state index contributed by atoms with van der Waals surface area (Å²) in [6.07, 6.45) is 11.4. The fourth-order valence-corrected chi connectivity index (χ4v) is 1.52. The highest BCUT2D eigenvalue weighted by atomic mass is 16.1. The highest BCUT2D eigenvalue weighted by Gasteiger charge is 1.98. The van der Waals surface area contributed by atoms with E-state index in [-0.39, 0.29) is 0 Å². The van der Waals surface area contributed by atoms with Gasteiger partial charge in [0.05, 0.1) is 0 Å². The summed E-state index contributed by atoms with van der Waals surface area (Å²) in [7, 11) is 0. The number of unbranched alkanes of at least 4 members (excludes halogenated alkanes) is 4. The molecule has 0 N–H and O–H groups in total. The molecule has 0 radical (unpaired) electrons. The Morgan fingerprint density at radius 3 is 2.47 bits per heavy atom. The van der Waals surface area contributed by atoms with Crippen LogP contribution in [-0.2, 0) is 4.79 Å². The minimum Gasteiger partial charge on any atom is -0.298 e. The Labute approximate surface area is 95.0 Å². The van der Waals surface area contributed by atoms with Crippen LogP contribution in [0.1, 0.15) is 65.7 Å². The zero-order valence-corrected chi connectivity index (χ0v) is 10.6. The molecule has 0 unspecified atom stereocenters. The molecular weight excluding hydrogens is 184 g/mol. The van der Waals surface area contributed by atoms with E-state index >= 15 is 0 Å². The fourth-order valence-electron chi connectivity index (χ4n) is 1.52. The first-order valence-electron chi connectivity index (χ1n) is 6.34. The monoisotopic (exact) mass is 210 g/mol. The highest BCUT2D eigenvalue weighted by molar-refractivity contribution is 5.72. The average molecular weight is 210 g/mol. The maximum absolute atomic E-state index is 10.8. The number of carbonyl (C=O) groups excluding carboxylic acids is 1. The van der Waals surface area contributed by atoms with E-state index in [1.165, 1.54) is 25.7 Å². The van der Waals surface area contributed by atoms with Gasteiger partial charge in [-0.25, -0.2) is 0 Å². The van der Waals surface area contributed by atoms with Gasteiger partial charge >= 0.3 is 0 Å². The van der Waals surface area contributed by atoms with Crippen molar-refractivity contribution in [1.29, 1.82) is 0 Å². The maximum atomic E-state index is 10.8. The number of carbonyl (C=O) groups is 1. The topological polar surface area (TPSA) is 17.1 Å². The van der Waals surface area contributed by atoms with Crippen molar-refractivity contribution in [2.24, 2.45) is 5.92 Å². The lowest BCUT2D eigenvalue weighted by Crippen LogP contribution is -1.91. The molecule has 0 saturated heterocycles. The van der Waals surface area contributed by atoms with E-state index in [0.29, 0.717) is 5.92 Å². The average Bonchev–Trinajstić information content (AvgIpc) is 2.22. The molecule has 0 aliphatic heterocycles. The molecule has 0 aliphatic carbocycles. The van der Waals surface area contributed by atoms with Crippen molar-refractivity contribution >= 4 is 6.29 Å². The third kappa shape index (κ3) is 9.71. The first kappa shape index (κ1) is 14.4. The van der Waals surface area contributed by atoms with Crippen LogP contribution in [0.3, 0.4) is 0 Å². The van der Waals surface area contributed by atoms with Crippen LogP contribution in [0.4, 0.5) is 0 Å². The second kappa shape index (κ2) is 9.95. The second-order valence-corrected chi connectivity index (χ2v) is 4.68. The minimum absolute atomic E-state index is 0.688. The van der Waals surface area contributed by atoms with Crippen LogP contribution in [0.2, 0.25) is 0 Å². The first-order chi connectivity index (χ1) is 7.20. The van der Waals surface area contributed by atoms with Gasteiger partial charge in [0.1, 0.15) is 6.29 Å². The van der Waals surface area contributed by atoms with Crippen molar-refractivity contribution in [3.05, 3.63) is 11.6 Å². The van der Waals surface area contributed by atoms with Gasteiger partial charge in [-0.05, 0) is 37.2 Å². The van der Waals surface area contributed by atoms with Crippen molar-refractivity contribution in [1.82, 2.24) is 0 Å². The summed E-state index contributed by atoms with van der Waals surface area (Å²) in [5.74, 6) is 0.688. The summed E-state index contributed by atoms with van der Waals surface area (Å²) >= 11 is 0. The second-order valence-electron chi connectivity index (χ2n) is 4.68. The van der Waals surface area contributed by atoms with E-state index < -0.39 is 0 Å². The molecule has 0 aliphatic rings. The smallest absolute Gasteiger partial charge is 0.145 e. The van der Waals surface area contributed by atoms with Crippen LogP contribution < -0.4 is 0 Å². The van der Waals surface area contributed by atoms with Gasteiger partial charge in [-0.1, -0.05) is 46.1 Å². The molecule has 0 heterocycles. The van der Waals surface area contributed by atoms with Gasteiger partial charge in [0.2, 0.25) is 0 Å². The lowest BCUT2D eigenvalue weighted by atomic mass is 10.0. The third-order valence-electron chi connectivity index (χ3n) is 2.63. The van der Waals surface area contributed by atoms with Crippen molar-refractivity contribution in [2.75, 3.05) is 0 Å². The quantitative estimate of drug-likeness (QED) is 0.311. The molecule has 1 nitrogen and oxygen atoms in total. The van der Waals surface area contributed by atoms with Gasteiger partial charge in [-0.3, -0.25) is 4.79 Å². The Morgan fingerprint density at radius 2 is 1.93 bits per heavy atom. The summed E-state index contributed by atoms with van der Waals surface area (Å²) in [6, 6.07) is 0. The standard InChI is InChI=1S/C14H26O/c1-4-5-6-7-8-9-14(12-15)11-10-13(2)3/h9,12-13H,4-8,10-11H2,1-3H3. The van der Waals surface area contributed by atoms with Gasteiger partial charge in [0.15, 0.2) is 0 Å². The Balaban J connectivity index is 3.64. The molecule has 88 valence electrons. The van der Waals surface area contributed by atoms with E-state index in [1.54, 1.807) is 0 Å². The molecule has 0 spiro atoms. The lowest BCUT2D eigenvalue weighted by molar-refractivity contribution is -0.105. The molecule has 15 heavy (non-hydrogen) atoms. The fraction of sp³-hybridized carbons (Fsp3) is 0.786. The largest absolute Gasteiger partial charge is 0.298 e. The van der Waals surface area contributed by atoms with Crippen molar-refractivity contribution in [3.8, 4) is 0 Å². The SMILES string of the molecule is CCCCCCC=C(C=O)CCC(C)C. The molecule has 0 amide bonds. The first-order valence-corrected chi connectivity index (χ1v) is 6.34. The summed E-state index contributed by atoms with van der Waals surface area (Å²) in [5.41, 5.74) is 1.00. The number of hydrogen-bond donors (Lipinski definition) is 0. The maximum Gasteiger partial charge on any atom is 0.145 e. The summed E-state index contributed by atoms with van der Waals surface area (Å²) in [6.45, 7) is 6.61. The summed E-state index contributed by atoms with van der Waals surface area (Å²) in [4.78, 5) is 10.8. The molecule has 0 aromatic rings. The van der Waals surface area contributed by atoms with Crippen LogP contribution in [0.25, 0.3) is 0 Å². The highest BCUT2D eigenvalue weighted by Crippen LogP contribution is 2.12. The molecule has 0 bridgehead atoms. The van der Waals surface area contributed by atoms with Crippen LogP contribution >= 0.6 is 0 Å². The van der Waals surface area contributed by atoms with Gasteiger partial charge < -0.3 is 0 Å². The Kier molecular flexibility index (Phi) is 9.55. The Morgan fingerprint density at radius 1 is 1.20 bits per heavy atom. The number of hydrogen-bond acceptors (Lipinski definition) is 1. The van der Waals surface area contributed by atoms with Crippen molar-refractivity contribution in [2.45, 2.75) is 65.7 Å². The van der Waals surface area contributed by atoms with Crippen LogP contribution in [0, 0.1) is 5.92 Å². The molecule has 0 fully saturated rings. The molecule has 0 rings (SSSR count). The van der Waals surface area contributed by atoms with Crippen LogP contribution in [0.5, 0.6) is 0 Å². The van der Waals surface area contributed by atoms with Gasteiger partial charge in [0.25, 0.3) is 0 Å². The van der Waals surface area contributed by atoms with Crippen molar-refractivity contribution < 1.29 is 4.79 Å². The van der Waals surface area contributed by atoms with Crippen LogP contribution in [0.15, 0.2) is 11.6 Å². The number of aldehydes is 1. The zero-order valence-electron chi connectivity index (χ0n) is 10.6.